The summed E-state index contributed by atoms with van der Waals surface area (Å²) in [6.07, 6.45) is -1.02. The SMILES string of the molecule is CCCOC(=O)Nc1cccc(C(O)Nc2c3ccccc3nc3c([N+](=O)[O-])cccc23)c1. The minimum Gasteiger partial charge on any atom is -0.449 e. The molecule has 0 aliphatic rings. The van der Waals surface area contributed by atoms with Crippen molar-refractivity contribution in [1.82, 2.24) is 4.98 Å². The van der Waals surface area contributed by atoms with Crippen molar-refractivity contribution in [2.75, 3.05) is 17.2 Å². The summed E-state index contributed by atoms with van der Waals surface area (Å²) < 4.78 is 5.03. The number of para-hydroxylation sites is 2. The zero-order valence-corrected chi connectivity index (χ0v) is 17.8. The first-order chi connectivity index (χ1) is 16.0. The summed E-state index contributed by atoms with van der Waals surface area (Å²) in [7, 11) is 0. The van der Waals surface area contributed by atoms with Crippen LogP contribution in [-0.2, 0) is 4.74 Å². The fourth-order valence-corrected chi connectivity index (χ4v) is 3.56. The summed E-state index contributed by atoms with van der Waals surface area (Å²) in [6, 6.07) is 18.6. The van der Waals surface area contributed by atoms with Gasteiger partial charge in [-0.25, -0.2) is 9.78 Å². The number of nitro benzene ring substituents is 1. The lowest BCUT2D eigenvalue weighted by molar-refractivity contribution is -0.383. The zero-order chi connectivity index (χ0) is 23.4. The molecule has 3 aromatic carbocycles. The van der Waals surface area contributed by atoms with E-state index in [0.717, 1.165) is 0 Å². The highest BCUT2D eigenvalue weighted by atomic mass is 16.6. The van der Waals surface area contributed by atoms with E-state index in [2.05, 4.69) is 15.6 Å². The van der Waals surface area contributed by atoms with Crippen molar-refractivity contribution in [3.8, 4) is 0 Å². The van der Waals surface area contributed by atoms with Gasteiger partial charge in [0.15, 0.2) is 11.7 Å². The van der Waals surface area contributed by atoms with Gasteiger partial charge in [0, 0.05) is 28.1 Å². The largest absolute Gasteiger partial charge is 0.449 e. The Balaban J connectivity index is 1.71. The van der Waals surface area contributed by atoms with Gasteiger partial charge in [-0.3, -0.25) is 15.4 Å². The van der Waals surface area contributed by atoms with Crippen molar-refractivity contribution in [3.63, 3.8) is 0 Å². The van der Waals surface area contributed by atoms with Gasteiger partial charge in [-0.05, 0) is 24.6 Å². The molecule has 4 rings (SSSR count). The lowest BCUT2D eigenvalue weighted by atomic mass is 10.1. The lowest BCUT2D eigenvalue weighted by Gasteiger charge is -2.19. The van der Waals surface area contributed by atoms with Crippen molar-refractivity contribution in [2.24, 2.45) is 0 Å². The number of carbonyl (C=O) groups excluding carboxylic acids is 1. The molecule has 0 aliphatic carbocycles. The number of pyridine rings is 1. The van der Waals surface area contributed by atoms with Crippen molar-refractivity contribution in [2.45, 2.75) is 19.6 Å². The van der Waals surface area contributed by atoms with Crippen LogP contribution in [0.3, 0.4) is 0 Å². The third-order valence-corrected chi connectivity index (χ3v) is 5.05. The third kappa shape index (κ3) is 4.68. The van der Waals surface area contributed by atoms with Crippen LogP contribution in [0.1, 0.15) is 25.1 Å². The Morgan fingerprint density at radius 3 is 2.67 bits per heavy atom. The molecule has 4 aromatic rings. The van der Waals surface area contributed by atoms with E-state index in [1.165, 1.54) is 6.07 Å². The maximum atomic E-state index is 11.8. The Morgan fingerprint density at radius 1 is 1.12 bits per heavy atom. The van der Waals surface area contributed by atoms with Crippen LogP contribution in [0, 0.1) is 10.1 Å². The Labute approximate surface area is 189 Å². The van der Waals surface area contributed by atoms with E-state index in [9.17, 15) is 20.0 Å². The number of nitrogens with zero attached hydrogens (tertiary/aromatic N) is 2. The average Bonchev–Trinajstić information content (AvgIpc) is 2.82. The molecule has 9 nitrogen and oxygen atoms in total. The number of amides is 1. The van der Waals surface area contributed by atoms with Gasteiger partial charge in [-0.15, -0.1) is 0 Å². The lowest BCUT2D eigenvalue weighted by Crippen LogP contribution is -2.15. The summed E-state index contributed by atoms with van der Waals surface area (Å²) in [6.45, 7) is 2.21. The van der Waals surface area contributed by atoms with Gasteiger partial charge < -0.3 is 15.2 Å². The second-order valence-corrected chi connectivity index (χ2v) is 7.37. The first kappa shape index (κ1) is 22.0. The quantitative estimate of drug-likeness (QED) is 0.151. The molecule has 0 spiro atoms. The van der Waals surface area contributed by atoms with Crippen molar-refractivity contribution in [1.29, 1.82) is 0 Å². The topological polar surface area (TPSA) is 127 Å². The predicted octanol–water partition coefficient (Wildman–Crippen LogP) is 5.36. The number of carbonyl (C=O) groups is 1. The van der Waals surface area contributed by atoms with Crippen LogP contribution in [0.5, 0.6) is 0 Å². The number of anilines is 2. The van der Waals surface area contributed by atoms with Crippen LogP contribution < -0.4 is 10.6 Å². The highest BCUT2D eigenvalue weighted by Gasteiger charge is 2.19. The van der Waals surface area contributed by atoms with E-state index >= 15 is 0 Å². The van der Waals surface area contributed by atoms with Crippen LogP contribution in [0.25, 0.3) is 21.8 Å². The number of benzene rings is 3. The number of nitrogens with one attached hydrogen (secondary N) is 2. The highest BCUT2D eigenvalue weighted by Crippen LogP contribution is 2.36. The van der Waals surface area contributed by atoms with Crippen LogP contribution in [0.2, 0.25) is 0 Å². The van der Waals surface area contributed by atoms with Gasteiger partial charge in [0.2, 0.25) is 0 Å². The molecular formula is C24H22N4O5. The molecule has 0 aliphatic heterocycles. The predicted molar refractivity (Wildman–Crippen MR) is 126 cm³/mol. The fraction of sp³-hybridized carbons (Fsp3) is 0.167. The van der Waals surface area contributed by atoms with Gasteiger partial charge >= 0.3 is 6.09 Å². The minimum atomic E-state index is -1.16. The summed E-state index contributed by atoms with van der Waals surface area (Å²) in [5, 5.41) is 29.4. The van der Waals surface area contributed by atoms with Gasteiger partial charge in [0.25, 0.3) is 5.69 Å². The molecule has 3 N–H and O–H groups in total. The molecule has 1 heterocycles. The molecule has 0 saturated carbocycles. The fourth-order valence-electron chi connectivity index (χ4n) is 3.56. The van der Waals surface area contributed by atoms with E-state index in [1.54, 1.807) is 48.5 Å². The molecule has 1 amide bonds. The third-order valence-electron chi connectivity index (χ3n) is 5.05. The molecule has 0 fully saturated rings. The molecule has 33 heavy (non-hydrogen) atoms. The first-order valence-corrected chi connectivity index (χ1v) is 10.4. The Kier molecular flexibility index (Phi) is 6.32. The van der Waals surface area contributed by atoms with Gasteiger partial charge in [-0.1, -0.05) is 49.4 Å². The molecule has 1 aromatic heterocycles. The molecule has 1 unspecified atom stereocenters. The molecule has 168 valence electrons. The van der Waals surface area contributed by atoms with Crippen LogP contribution in [0.4, 0.5) is 21.9 Å². The number of rotatable bonds is 7. The molecule has 9 heteroatoms. The Morgan fingerprint density at radius 2 is 1.88 bits per heavy atom. The van der Waals surface area contributed by atoms with Crippen molar-refractivity contribution in [3.05, 3.63) is 82.4 Å². The van der Waals surface area contributed by atoms with Crippen LogP contribution in [0.15, 0.2) is 66.7 Å². The number of aliphatic hydroxyl groups excluding tert-OH is 1. The molecule has 0 radical (unpaired) electrons. The molecule has 1 atom stereocenters. The number of hydrogen-bond donors (Lipinski definition) is 3. The first-order valence-electron chi connectivity index (χ1n) is 10.4. The smallest absolute Gasteiger partial charge is 0.411 e. The maximum Gasteiger partial charge on any atom is 0.411 e. The summed E-state index contributed by atoms with van der Waals surface area (Å²) in [5.41, 5.74) is 2.14. The van der Waals surface area contributed by atoms with Crippen molar-refractivity contribution < 1.29 is 19.6 Å². The van der Waals surface area contributed by atoms with E-state index in [-0.39, 0.29) is 11.2 Å². The average molecular weight is 446 g/mol. The molecular weight excluding hydrogens is 424 g/mol. The number of ether oxygens (including phenoxy) is 1. The van der Waals surface area contributed by atoms with E-state index < -0.39 is 17.2 Å². The highest BCUT2D eigenvalue weighted by molar-refractivity contribution is 6.09. The van der Waals surface area contributed by atoms with E-state index in [4.69, 9.17) is 4.74 Å². The number of aliphatic hydroxyl groups is 1. The number of hydrogen-bond acceptors (Lipinski definition) is 7. The summed E-state index contributed by atoms with van der Waals surface area (Å²) in [5.74, 6) is 0. The number of aromatic nitrogens is 1. The Bertz CT molecular complexity index is 1340. The zero-order valence-electron chi connectivity index (χ0n) is 17.8. The van der Waals surface area contributed by atoms with Crippen LogP contribution in [-0.4, -0.2) is 27.7 Å². The molecule has 0 bridgehead atoms. The maximum absolute atomic E-state index is 11.8. The molecule has 0 saturated heterocycles. The Hall–Kier alpha value is -4.24. The normalized spacial score (nSPS) is 11.8. The monoisotopic (exact) mass is 446 g/mol. The minimum absolute atomic E-state index is 0.118. The van der Waals surface area contributed by atoms with E-state index in [1.807, 2.05) is 19.1 Å². The summed E-state index contributed by atoms with van der Waals surface area (Å²) >= 11 is 0. The van der Waals surface area contributed by atoms with Gasteiger partial charge in [0.05, 0.1) is 22.7 Å². The second-order valence-electron chi connectivity index (χ2n) is 7.37. The summed E-state index contributed by atoms with van der Waals surface area (Å²) in [4.78, 5) is 27.4. The number of fused-ring (bicyclic) bond motifs is 2. The number of non-ortho nitro benzene ring substituents is 1. The standard InChI is InChI=1S/C24H22N4O5/c1-2-13-33-24(30)25-16-8-5-7-15(14-16)23(29)27-21-17-9-3-4-11-19(17)26-22-18(21)10-6-12-20(22)28(31)32/h3-12,14,23,29H,2,13H2,1H3,(H,25,30)(H,26,27). The van der Waals surface area contributed by atoms with E-state index in [0.29, 0.717) is 46.3 Å². The van der Waals surface area contributed by atoms with Gasteiger partial charge in [-0.2, -0.15) is 0 Å². The second kappa shape index (κ2) is 9.49. The van der Waals surface area contributed by atoms with Crippen LogP contribution >= 0.6 is 0 Å². The van der Waals surface area contributed by atoms with Gasteiger partial charge in [0.1, 0.15) is 0 Å². The van der Waals surface area contributed by atoms with Crippen molar-refractivity contribution >= 4 is 45.0 Å². The number of nitro groups is 1.